The molecule has 0 saturated heterocycles. The molecule has 2 aromatic carbocycles. The van der Waals surface area contributed by atoms with E-state index in [4.69, 9.17) is 9.47 Å². The van der Waals surface area contributed by atoms with E-state index in [1.807, 2.05) is 6.07 Å². The number of phenolic OH excluding ortho intramolecular Hbond substituents is 1. The molecule has 0 radical (unpaired) electrons. The summed E-state index contributed by atoms with van der Waals surface area (Å²) >= 11 is 0. The summed E-state index contributed by atoms with van der Waals surface area (Å²) in [6, 6.07) is 8.18. The van der Waals surface area contributed by atoms with Gasteiger partial charge in [-0.05, 0) is 48.7 Å². The highest BCUT2D eigenvalue weighted by molar-refractivity contribution is 5.86. The average molecular weight is 311 g/mol. The Labute approximate surface area is 136 Å². The highest BCUT2D eigenvalue weighted by Crippen LogP contribution is 2.54. The summed E-state index contributed by atoms with van der Waals surface area (Å²) < 4.78 is 11.3. The summed E-state index contributed by atoms with van der Waals surface area (Å²) in [4.78, 5) is 2.39. The van der Waals surface area contributed by atoms with Crippen molar-refractivity contribution in [2.75, 3.05) is 27.8 Å². The second kappa shape index (κ2) is 5.17. The molecule has 0 unspecified atom stereocenters. The Morgan fingerprint density at radius 2 is 1.96 bits per heavy atom. The minimum Gasteiger partial charge on any atom is -0.507 e. The normalized spacial score (nSPS) is 19.0. The van der Waals surface area contributed by atoms with Crippen molar-refractivity contribution in [1.82, 2.24) is 4.90 Å². The Hall–Kier alpha value is -2.20. The van der Waals surface area contributed by atoms with Gasteiger partial charge in [-0.25, -0.2) is 0 Å². The third kappa shape index (κ3) is 1.94. The van der Waals surface area contributed by atoms with Crippen LogP contribution in [0.25, 0.3) is 11.1 Å². The van der Waals surface area contributed by atoms with E-state index in [1.54, 1.807) is 20.3 Å². The van der Waals surface area contributed by atoms with Crippen molar-refractivity contribution in [2.45, 2.75) is 18.9 Å². The zero-order valence-corrected chi connectivity index (χ0v) is 13.7. The van der Waals surface area contributed by atoms with E-state index >= 15 is 0 Å². The molecular formula is C19H21NO3. The van der Waals surface area contributed by atoms with Crippen molar-refractivity contribution < 1.29 is 14.6 Å². The van der Waals surface area contributed by atoms with E-state index in [9.17, 15) is 5.11 Å². The van der Waals surface area contributed by atoms with Crippen molar-refractivity contribution >= 4 is 0 Å². The van der Waals surface area contributed by atoms with Gasteiger partial charge in [0.25, 0.3) is 0 Å². The van der Waals surface area contributed by atoms with Gasteiger partial charge in [0.2, 0.25) is 0 Å². The van der Waals surface area contributed by atoms with Gasteiger partial charge in [-0.1, -0.05) is 12.1 Å². The fraction of sp³-hybridized carbons (Fsp3) is 0.368. The molecule has 0 aromatic heterocycles. The Morgan fingerprint density at radius 1 is 1.13 bits per heavy atom. The number of benzene rings is 2. The first-order chi connectivity index (χ1) is 11.2. The van der Waals surface area contributed by atoms with Gasteiger partial charge >= 0.3 is 0 Å². The van der Waals surface area contributed by atoms with Gasteiger partial charge in [0.1, 0.15) is 5.75 Å². The smallest absolute Gasteiger partial charge is 0.169 e. The first-order valence-electron chi connectivity index (χ1n) is 7.95. The van der Waals surface area contributed by atoms with Crippen LogP contribution in [0.1, 0.15) is 22.7 Å². The van der Waals surface area contributed by atoms with E-state index in [0.717, 1.165) is 41.8 Å². The van der Waals surface area contributed by atoms with Gasteiger partial charge < -0.3 is 14.6 Å². The number of phenols is 1. The zero-order valence-electron chi connectivity index (χ0n) is 13.7. The van der Waals surface area contributed by atoms with Crippen LogP contribution in [0.5, 0.6) is 17.2 Å². The number of ether oxygens (including phenoxy) is 2. The molecule has 1 heterocycles. The number of rotatable bonds is 2. The lowest BCUT2D eigenvalue weighted by Crippen LogP contribution is -2.35. The van der Waals surface area contributed by atoms with Crippen molar-refractivity contribution in [3.8, 4) is 28.4 Å². The van der Waals surface area contributed by atoms with Crippen molar-refractivity contribution in [3.63, 3.8) is 0 Å². The van der Waals surface area contributed by atoms with Crippen LogP contribution in [0.3, 0.4) is 0 Å². The lowest BCUT2D eigenvalue weighted by molar-refractivity contribution is 0.226. The molecule has 1 aliphatic carbocycles. The number of nitrogens with zero attached hydrogens (tertiary/aromatic N) is 1. The standard InChI is InChI=1S/C19H21NO3/c1-20-8-7-12-10-15(22-2)19(23-3)18-16(12)13(20)9-11-5-4-6-14(21)17(11)18/h4-6,10,13,21H,7-9H2,1-3H3/t13-/m0/s1. The topological polar surface area (TPSA) is 41.9 Å². The Kier molecular flexibility index (Phi) is 3.23. The van der Waals surface area contributed by atoms with Crippen LogP contribution in [0.2, 0.25) is 0 Å². The molecule has 23 heavy (non-hydrogen) atoms. The third-order valence-corrected chi connectivity index (χ3v) is 5.19. The van der Waals surface area contributed by atoms with E-state index < -0.39 is 0 Å². The SMILES string of the molecule is COc1cc2c3c(c1OC)-c1c(O)cccc1C[C@@H]3N(C)CC2. The maximum absolute atomic E-state index is 10.5. The van der Waals surface area contributed by atoms with Crippen LogP contribution in [0, 0.1) is 0 Å². The molecule has 4 heteroatoms. The Balaban J connectivity index is 2.12. The fourth-order valence-corrected chi connectivity index (χ4v) is 4.08. The van der Waals surface area contributed by atoms with Crippen LogP contribution in [0.15, 0.2) is 24.3 Å². The van der Waals surface area contributed by atoms with Crippen LogP contribution < -0.4 is 9.47 Å². The minimum atomic E-state index is 0.308. The maximum Gasteiger partial charge on any atom is 0.169 e. The number of likely N-dealkylation sites (N-methyl/N-ethyl adjacent to an activating group) is 1. The molecule has 2 aromatic rings. The average Bonchev–Trinajstić information content (AvgIpc) is 2.57. The second-order valence-electron chi connectivity index (χ2n) is 6.32. The lowest BCUT2D eigenvalue weighted by atomic mass is 9.76. The molecular weight excluding hydrogens is 290 g/mol. The molecule has 0 bridgehead atoms. The molecule has 4 rings (SSSR count). The second-order valence-corrected chi connectivity index (χ2v) is 6.32. The van der Waals surface area contributed by atoms with Crippen molar-refractivity contribution in [2.24, 2.45) is 0 Å². The first kappa shape index (κ1) is 14.4. The number of hydrogen-bond donors (Lipinski definition) is 1. The van der Waals surface area contributed by atoms with Crippen molar-refractivity contribution in [3.05, 3.63) is 41.0 Å². The van der Waals surface area contributed by atoms with E-state index in [0.29, 0.717) is 17.5 Å². The molecule has 4 nitrogen and oxygen atoms in total. The molecule has 1 atom stereocenters. The number of aromatic hydroxyl groups is 1. The van der Waals surface area contributed by atoms with Gasteiger partial charge in [-0.15, -0.1) is 0 Å². The molecule has 0 amide bonds. The van der Waals surface area contributed by atoms with Crippen LogP contribution >= 0.6 is 0 Å². The van der Waals surface area contributed by atoms with Gasteiger partial charge in [-0.2, -0.15) is 0 Å². The van der Waals surface area contributed by atoms with Gasteiger partial charge in [0, 0.05) is 23.7 Å². The fourth-order valence-electron chi connectivity index (χ4n) is 4.08. The van der Waals surface area contributed by atoms with Crippen molar-refractivity contribution in [1.29, 1.82) is 0 Å². The first-order valence-corrected chi connectivity index (χ1v) is 7.95. The molecule has 1 aliphatic heterocycles. The highest BCUT2D eigenvalue weighted by Gasteiger charge is 2.37. The quantitative estimate of drug-likeness (QED) is 0.925. The molecule has 120 valence electrons. The predicted octanol–water partition coefficient (Wildman–Crippen LogP) is 3.16. The Bertz CT molecular complexity index is 785. The van der Waals surface area contributed by atoms with E-state index in [1.165, 1.54) is 11.1 Å². The van der Waals surface area contributed by atoms with Gasteiger partial charge in [0.05, 0.1) is 14.2 Å². The Morgan fingerprint density at radius 3 is 2.70 bits per heavy atom. The number of methoxy groups -OCH3 is 2. The molecule has 0 spiro atoms. The summed E-state index contributed by atoms with van der Waals surface area (Å²) in [6.07, 6.45) is 1.90. The zero-order chi connectivity index (χ0) is 16.1. The molecule has 0 saturated carbocycles. The van der Waals surface area contributed by atoms with Gasteiger partial charge in [-0.3, -0.25) is 4.90 Å². The molecule has 0 fully saturated rings. The van der Waals surface area contributed by atoms with E-state index in [-0.39, 0.29) is 0 Å². The van der Waals surface area contributed by atoms with Crippen LogP contribution in [0.4, 0.5) is 0 Å². The predicted molar refractivity (Wildman–Crippen MR) is 89.4 cm³/mol. The van der Waals surface area contributed by atoms with E-state index in [2.05, 4.69) is 24.1 Å². The highest BCUT2D eigenvalue weighted by atomic mass is 16.5. The van der Waals surface area contributed by atoms with Gasteiger partial charge in [0.15, 0.2) is 11.5 Å². The number of fused-ring (bicyclic) bond motifs is 2. The monoisotopic (exact) mass is 311 g/mol. The summed E-state index contributed by atoms with van der Waals surface area (Å²) in [5.74, 6) is 1.76. The largest absolute Gasteiger partial charge is 0.507 e. The number of hydrogen-bond acceptors (Lipinski definition) is 4. The summed E-state index contributed by atoms with van der Waals surface area (Å²) in [6.45, 7) is 1.03. The summed E-state index contributed by atoms with van der Waals surface area (Å²) in [7, 11) is 5.50. The molecule has 1 N–H and O–H groups in total. The van der Waals surface area contributed by atoms with Crippen LogP contribution in [-0.4, -0.2) is 37.8 Å². The summed E-state index contributed by atoms with van der Waals surface area (Å²) in [5.41, 5.74) is 5.64. The minimum absolute atomic E-state index is 0.308. The molecule has 2 aliphatic rings. The maximum atomic E-state index is 10.5. The van der Waals surface area contributed by atoms with Crippen LogP contribution in [-0.2, 0) is 12.8 Å². The lowest BCUT2D eigenvalue weighted by Gasteiger charge is -2.40. The third-order valence-electron chi connectivity index (χ3n) is 5.19. The summed E-state index contributed by atoms with van der Waals surface area (Å²) in [5, 5.41) is 10.5.